The molecule has 0 spiro atoms. The van der Waals surface area contributed by atoms with Gasteiger partial charge in [-0.2, -0.15) is 0 Å². The summed E-state index contributed by atoms with van der Waals surface area (Å²) in [5.41, 5.74) is 2.72. The summed E-state index contributed by atoms with van der Waals surface area (Å²) in [5.74, 6) is -0.476. The first kappa shape index (κ1) is 14.1. The number of benzene rings is 2. The van der Waals surface area contributed by atoms with Crippen molar-refractivity contribution >= 4 is 38.6 Å². The lowest BCUT2D eigenvalue weighted by Gasteiger charge is -2.14. The highest BCUT2D eigenvalue weighted by Gasteiger charge is 2.34. The summed E-state index contributed by atoms with van der Waals surface area (Å²) in [6.07, 6.45) is 1.74. The third-order valence-electron chi connectivity index (χ3n) is 3.93. The molecule has 112 valence electrons. The molecule has 0 atom stereocenters. The van der Waals surface area contributed by atoms with Crippen molar-refractivity contribution in [1.29, 1.82) is 0 Å². The second-order valence-corrected chi connectivity index (χ2v) is 6.34. The fourth-order valence-corrected chi connectivity index (χ4v) is 3.17. The summed E-state index contributed by atoms with van der Waals surface area (Å²) in [7, 11) is 0. The molecule has 0 saturated carbocycles. The van der Waals surface area contributed by atoms with Crippen molar-refractivity contribution in [2.24, 2.45) is 0 Å². The van der Waals surface area contributed by atoms with Crippen LogP contribution in [0, 0.1) is 0 Å². The molecule has 0 unspecified atom stereocenters. The maximum Gasteiger partial charge on any atom is 0.261 e. The third-order valence-corrected chi connectivity index (χ3v) is 4.36. The van der Waals surface area contributed by atoms with Gasteiger partial charge in [0.1, 0.15) is 0 Å². The van der Waals surface area contributed by atoms with Crippen LogP contribution in [0.25, 0.3) is 10.9 Å². The number of pyridine rings is 1. The number of hydrogen-bond donors (Lipinski definition) is 0. The molecular weight excluding hydrogens is 356 g/mol. The molecule has 3 aromatic rings. The lowest BCUT2D eigenvalue weighted by molar-refractivity contribution is 0.0642. The van der Waals surface area contributed by atoms with Gasteiger partial charge in [0.05, 0.1) is 23.2 Å². The molecule has 1 aromatic heterocycles. The van der Waals surface area contributed by atoms with Crippen molar-refractivity contribution in [3.05, 3.63) is 75.9 Å². The standard InChI is InChI=1S/C18H11BrN2O2/c19-13-8-12-7-11(5-6-16(12)20-9-13)10-21-17(22)14-3-1-2-4-15(14)18(21)23/h1-9H,10H2. The van der Waals surface area contributed by atoms with E-state index in [9.17, 15) is 9.59 Å². The quantitative estimate of drug-likeness (QED) is 0.648. The average Bonchev–Trinajstić information content (AvgIpc) is 2.80. The zero-order valence-electron chi connectivity index (χ0n) is 12.0. The molecule has 4 nitrogen and oxygen atoms in total. The molecule has 4 rings (SSSR count). The van der Waals surface area contributed by atoms with Crippen molar-refractivity contribution in [2.45, 2.75) is 6.54 Å². The van der Waals surface area contributed by atoms with Gasteiger partial charge in [-0.3, -0.25) is 19.5 Å². The first-order valence-corrected chi connectivity index (χ1v) is 7.92. The molecule has 1 aliphatic rings. The predicted octanol–water partition coefficient (Wildman–Crippen LogP) is 3.79. The second kappa shape index (κ2) is 5.28. The van der Waals surface area contributed by atoms with Gasteiger partial charge in [-0.25, -0.2) is 0 Å². The molecular formula is C18H11BrN2O2. The van der Waals surface area contributed by atoms with Crippen LogP contribution in [0.1, 0.15) is 26.3 Å². The minimum atomic E-state index is -0.238. The number of carbonyl (C=O) groups is 2. The Morgan fingerprint density at radius 2 is 1.65 bits per heavy atom. The number of amides is 2. The first-order chi connectivity index (χ1) is 11.1. The van der Waals surface area contributed by atoms with Gasteiger partial charge < -0.3 is 0 Å². The Morgan fingerprint density at radius 3 is 2.35 bits per heavy atom. The number of nitrogens with zero attached hydrogens (tertiary/aromatic N) is 2. The SMILES string of the molecule is O=C1c2ccccc2C(=O)N1Cc1ccc2ncc(Br)cc2c1. The van der Waals surface area contributed by atoms with E-state index in [1.165, 1.54) is 4.90 Å². The van der Waals surface area contributed by atoms with E-state index >= 15 is 0 Å². The molecule has 0 N–H and O–H groups in total. The summed E-state index contributed by atoms with van der Waals surface area (Å²) in [4.78, 5) is 30.4. The summed E-state index contributed by atoms with van der Waals surface area (Å²) >= 11 is 3.40. The van der Waals surface area contributed by atoms with Crippen LogP contribution in [0.2, 0.25) is 0 Å². The van der Waals surface area contributed by atoms with Crippen LogP contribution in [0.5, 0.6) is 0 Å². The molecule has 0 bridgehead atoms. The fourth-order valence-electron chi connectivity index (χ4n) is 2.82. The number of aromatic nitrogens is 1. The molecule has 23 heavy (non-hydrogen) atoms. The molecule has 0 radical (unpaired) electrons. The van der Waals surface area contributed by atoms with Crippen LogP contribution >= 0.6 is 15.9 Å². The summed E-state index contributed by atoms with van der Waals surface area (Å²) < 4.78 is 0.892. The summed E-state index contributed by atoms with van der Waals surface area (Å²) in [5, 5.41) is 0.966. The number of hydrogen-bond acceptors (Lipinski definition) is 3. The highest BCUT2D eigenvalue weighted by Crippen LogP contribution is 2.25. The third kappa shape index (κ3) is 2.33. The highest BCUT2D eigenvalue weighted by atomic mass is 79.9. The molecule has 2 heterocycles. The molecule has 0 aliphatic carbocycles. The van der Waals surface area contributed by atoms with E-state index in [1.54, 1.807) is 30.5 Å². The Morgan fingerprint density at radius 1 is 0.957 bits per heavy atom. The monoisotopic (exact) mass is 366 g/mol. The van der Waals surface area contributed by atoms with Gasteiger partial charge in [0.2, 0.25) is 0 Å². The van der Waals surface area contributed by atoms with Crippen molar-refractivity contribution < 1.29 is 9.59 Å². The molecule has 1 aliphatic heterocycles. The van der Waals surface area contributed by atoms with Crippen LogP contribution in [0.3, 0.4) is 0 Å². The van der Waals surface area contributed by atoms with Gasteiger partial charge in [0.25, 0.3) is 11.8 Å². The second-order valence-electron chi connectivity index (χ2n) is 5.42. The predicted molar refractivity (Wildman–Crippen MR) is 90.1 cm³/mol. The number of carbonyl (C=O) groups excluding carboxylic acids is 2. The molecule has 0 fully saturated rings. The normalized spacial score (nSPS) is 13.7. The molecule has 2 aromatic carbocycles. The van der Waals surface area contributed by atoms with Gasteiger partial charge in [0, 0.05) is 16.1 Å². The Hall–Kier alpha value is -2.53. The lowest BCUT2D eigenvalue weighted by atomic mass is 10.1. The Labute approximate surface area is 140 Å². The van der Waals surface area contributed by atoms with E-state index in [2.05, 4.69) is 20.9 Å². The lowest BCUT2D eigenvalue weighted by Crippen LogP contribution is -2.29. The molecule has 0 saturated heterocycles. The maximum atomic E-state index is 12.4. The first-order valence-electron chi connectivity index (χ1n) is 7.13. The van der Waals surface area contributed by atoms with Gasteiger partial charge in [-0.1, -0.05) is 18.2 Å². The van der Waals surface area contributed by atoms with Gasteiger partial charge in [-0.05, 0) is 51.8 Å². The smallest absolute Gasteiger partial charge is 0.261 e. The average molecular weight is 367 g/mol. The summed E-state index contributed by atoms with van der Waals surface area (Å²) in [6.45, 7) is 0.259. The van der Waals surface area contributed by atoms with Crippen molar-refractivity contribution in [1.82, 2.24) is 9.88 Å². The highest BCUT2D eigenvalue weighted by molar-refractivity contribution is 9.10. The Bertz CT molecular complexity index is 933. The number of halogens is 1. The maximum absolute atomic E-state index is 12.4. The minimum absolute atomic E-state index is 0.238. The van der Waals surface area contributed by atoms with Crippen LogP contribution in [0.15, 0.2) is 59.2 Å². The van der Waals surface area contributed by atoms with Gasteiger partial charge in [0.15, 0.2) is 0 Å². The zero-order valence-corrected chi connectivity index (χ0v) is 13.6. The van der Waals surface area contributed by atoms with Crippen LogP contribution in [0.4, 0.5) is 0 Å². The van der Waals surface area contributed by atoms with Crippen molar-refractivity contribution in [3.8, 4) is 0 Å². The van der Waals surface area contributed by atoms with E-state index in [-0.39, 0.29) is 18.4 Å². The van der Waals surface area contributed by atoms with Crippen LogP contribution in [-0.4, -0.2) is 21.7 Å². The van der Waals surface area contributed by atoms with E-state index in [1.807, 2.05) is 24.3 Å². The van der Waals surface area contributed by atoms with Crippen molar-refractivity contribution in [3.63, 3.8) is 0 Å². The van der Waals surface area contributed by atoms with Gasteiger partial charge >= 0.3 is 0 Å². The number of rotatable bonds is 2. The molecule has 2 amide bonds. The molecule has 5 heteroatoms. The van der Waals surface area contributed by atoms with E-state index in [4.69, 9.17) is 0 Å². The van der Waals surface area contributed by atoms with E-state index < -0.39 is 0 Å². The summed E-state index contributed by atoms with van der Waals surface area (Å²) in [6, 6.07) is 14.6. The largest absolute Gasteiger partial charge is 0.270 e. The Balaban J connectivity index is 1.69. The van der Waals surface area contributed by atoms with E-state index in [0.29, 0.717) is 11.1 Å². The van der Waals surface area contributed by atoms with Crippen LogP contribution < -0.4 is 0 Å². The topological polar surface area (TPSA) is 50.3 Å². The zero-order chi connectivity index (χ0) is 16.0. The fraction of sp³-hybridized carbons (Fsp3) is 0.0556. The Kier molecular flexibility index (Phi) is 3.23. The van der Waals surface area contributed by atoms with Crippen molar-refractivity contribution in [2.75, 3.05) is 0 Å². The van der Waals surface area contributed by atoms with E-state index in [0.717, 1.165) is 20.9 Å². The van der Waals surface area contributed by atoms with Crippen LogP contribution in [-0.2, 0) is 6.54 Å². The van der Waals surface area contributed by atoms with Gasteiger partial charge in [-0.15, -0.1) is 0 Å². The number of imide groups is 1. The number of fused-ring (bicyclic) bond motifs is 2. The minimum Gasteiger partial charge on any atom is -0.270 e.